The second kappa shape index (κ2) is 6.48. The summed E-state index contributed by atoms with van der Waals surface area (Å²) in [5, 5.41) is 16.2. The number of hydrogen-bond donors (Lipinski definition) is 3. The van der Waals surface area contributed by atoms with Crippen LogP contribution >= 0.6 is 0 Å². The molecule has 0 atom stereocenters. The number of phenols is 1. The normalized spacial score (nSPS) is 9.83. The number of rotatable bonds is 5. The van der Waals surface area contributed by atoms with Crippen molar-refractivity contribution in [1.82, 2.24) is 4.90 Å². The zero-order valence-electron chi connectivity index (χ0n) is 10.2. The highest BCUT2D eigenvalue weighted by molar-refractivity contribution is 5.89. The molecule has 1 aromatic rings. The van der Waals surface area contributed by atoms with Crippen molar-refractivity contribution in [3.63, 3.8) is 0 Å². The molecule has 1 aromatic carbocycles. The van der Waals surface area contributed by atoms with Crippen LogP contribution in [0.25, 0.3) is 0 Å². The number of nitrogens with one attached hydrogen (secondary N) is 1. The third-order valence-corrected chi connectivity index (χ3v) is 2.39. The smallest absolute Gasteiger partial charge is 0.338 e. The standard InChI is InChI=1S/C12H17N3O3/c1-15(12(13)14)7-2-8-18-11(17)9-3-5-10(16)6-4-9/h3-6,16H,2,7-8H2,1H3,(H3,13,14). The first kappa shape index (κ1) is 13.8. The van der Waals surface area contributed by atoms with Crippen molar-refractivity contribution >= 4 is 11.9 Å². The van der Waals surface area contributed by atoms with E-state index < -0.39 is 5.97 Å². The van der Waals surface area contributed by atoms with Crippen molar-refractivity contribution in [1.29, 1.82) is 5.41 Å². The number of ether oxygens (including phenoxy) is 1. The number of guanidine groups is 1. The number of nitrogens with two attached hydrogens (primary N) is 1. The Labute approximate surface area is 105 Å². The average molecular weight is 251 g/mol. The molecular weight excluding hydrogens is 234 g/mol. The zero-order chi connectivity index (χ0) is 13.5. The van der Waals surface area contributed by atoms with Gasteiger partial charge in [-0.1, -0.05) is 0 Å². The van der Waals surface area contributed by atoms with Crippen LogP contribution in [0.2, 0.25) is 0 Å². The highest BCUT2D eigenvalue weighted by Gasteiger charge is 2.07. The number of benzene rings is 1. The molecule has 4 N–H and O–H groups in total. The maximum Gasteiger partial charge on any atom is 0.338 e. The Morgan fingerprint density at radius 3 is 2.61 bits per heavy atom. The second-order valence-electron chi connectivity index (χ2n) is 3.84. The second-order valence-corrected chi connectivity index (χ2v) is 3.84. The van der Waals surface area contributed by atoms with Gasteiger partial charge in [0.05, 0.1) is 12.2 Å². The van der Waals surface area contributed by atoms with Crippen molar-refractivity contribution in [2.75, 3.05) is 20.2 Å². The van der Waals surface area contributed by atoms with Crippen molar-refractivity contribution in [3.05, 3.63) is 29.8 Å². The minimum absolute atomic E-state index is 0.0140. The maximum absolute atomic E-state index is 11.6. The molecule has 0 saturated heterocycles. The molecule has 0 fully saturated rings. The predicted molar refractivity (Wildman–Crippen MR) is 67.6 cm³/mol. The number of hydrogen-bond acceptors (Lipinski definition) is 4. The SMILES string of the molecule is CN(CCCOC(=O)c1ccc(O)cc1)C(=N)N. The number of carbonyl (C=O) groups is 1. The Morgan fingerprint density at radius 2 is 2.06 bits per heavy atom. The van der Waals surface area contributed by atoms with E-state index in [1.54, 1.807) is 11.9 Å². The molecule has 0 spiro atoms. The van der Waals surface area contributed by atoms with Gasteiger partial charge >= 0.3 is 5.97 Å². The van der Waals surface area contributed by atoms with Crippen LogP contribution in [-0.2, 0) is 4.74 Å². The van der Waals surface area contributed by atoms with Gasteiger partial charge in [-0.3, -0.25) is 5.41 Å². The topological polar surface area (TPSA) is 99.6 Å². The van der Waals surface area contributed by atoms with Crippen LogP contribution in [-0.4, -0.2) is 42.1 Å². The third kappa shape index (κ3) is 4.32. The zero-order valence-corrected chi connectivity index (χ0v) is 10.2. The summed E-state index contributed by atoms with van der Waals surface area (Å²) in [5.74, 6) is -0.338. The molecule has 6 heteroatoms. The molecule has 0 aliphatic heterocycles. The molecule has 98 valence electrons. The predicted octanol–water partition coefficient (Wildman–Crippen LogP) is 0.764. The molecule has 1 rings (SSSR count). The lowest BCUT2D eigenvalue weighted by molar-refractivity contribution is 0.0496. The first-order valence-corrected chi connectivity index (χ1v) is 5.52. The van der Waals surface area contributed by atoms with Crippen LogP contribution < -0.4 is 5.73 Å². The lowest BCUT2D eigenvalue weighted by Gasteiger charge is -2.15. The Morgan fingerprint density at radius 1 is 1.44 bits per heavy atom. The Balaban J connectivity index is 2.29. The van der Waals surface area contributed by atoms with E-state index in [9.17, 15) is 4.79 Å². The van der Waals surface area contributed by atoms with Crippen molar-refractivity contribution in [3.8, 4) is 5.75 Å². The van der Waals surface area contributed by atoms with Gasteiger partial charge in [0.25, 0.3) is 0 Å². The van der Waals surface area contributed by atoms with Gasteiger partial charge in [0.1, 0.15) is 5.75 Å². The molecule has 0 radical (unpaired) electrons. The van der Waals surface area contributed by atoms with Crippen molar-refractivity contribution in [2.24, 2.45) is 5.73 Å². The number of nitrogens with zero attached hydrogens (tertiary/aromatic N) is 1. The summed E-state index contributed by atoms with van der Waals surface area (Å²) in [6.07, 6.45) is 0.597. The molecule has 0 saturated carbocycles. The van der Waals surface area contributed by atoms with Crippen LogP contribution in [0, 0.1) is 5.41 Å². The van der Waals surface area contributed by atoms with Gasteiger partial charge < -0.3 is 20.5 Å². The molecule has 0 amide bonds. The van der Waals surface area contributed by atoms with E-state index in [0.29, 0.717) is 18.5 Å². The molecule has 0 aliphatic carbocycles. The Hall–Kier alpha value is -2.24. The summed E-state index contributed by atoms with van der Waals surface area (Å²) in [6, 6.07) is 5.86. The van der Waals surface area contributed by atoms with Crippen LogP contribution in [0.4, 0.5) is 0 Å². The van der Waals surface area contributed by atoms with E-state index in [2.05, 4.69) is 0 Å². The molecule has 0 heterocycles. The third-order valence-electron chi connectivity index (χ3n) is 2.39. The fraction of sp³-hybridized carbons (Fsp3) is 0.333. The quantitative estimate of drug-likeness (QED) is 0.310. The summed E-state index contributed by atoms with van der Waals surface area (Å²) >= 11 is 0. The number of phenolic OH excluding ortho intramolecular Hbond substituents is 1. The fourth-order valence-electron chi connectivity index (χ4n) is 1.27. The van der Waals surface area contributed by atoms with Crippen LogP contribution in [0.1, 0.15) is 16.8 Å². The van der Waals surface area contributed by atoms with Crippen molar-refractivity contribution in [2.45, 2.75) is 6.42 Å². The van der Waals surface area contributed by atoms with Crippen LogP contribution in [0.15, 0.2) is 24.3 Å². The number of esters is 1. The lowest BCUT2D eigenvalue weighted by atomic mass is 10.2. The number of carbonyl (C=O) groups excluding carboxylic acids is 1. The minimum Gasteiger partial charge on any atom is -0.508 e. The van der Waals surface area contributed by atoms with Gasteiger partial charge in [0.15, 0.2) is 5.96 Å². The molecule has 0 aliphatic rings. The summed E-state index contributed by atoms with van der Waals surface area (Å²) in [7, 11) is 1.70. The Bertz CT molecular complexity index is 417. The van der Waals surface area contributed by atoms with Crippen LogP contribution in [0.5, 0.6) is 5.75 Å². The van der Waals surface area contributed by atoms with E-state index in [4.69, 9.17) is 21.0 Å². The van der Waals surface area contributed by atoms with Gasteiger partial charge in [-0.25, -0.2) is 4.79 Å². The molecular formula is C12H17N3O3. The molecule has 18 heavy (non-hydrogen) atoms. The van der Waals surface area contributed by atoms with Gasteiger partial charge in [-0.15, -0.1) is 0 Å². The molecule has 0 bridgehead atoms. The van der Waals surface area contributed by atoms with E-state index in [0.717, 1.165) is 0 Å². The van der Waals surface area contributed by atoms with Crippen LogP contribution in [0.3, 0.4) is 0 Å². The summed E-state index contributed by atoms with van der Waals surface area (Å²) in [4.78, 5) is 13.1. The first-order chi connectivity index (χ1) is 8.50. The molecule has 6 nitrogen and oxygen atoms in total. The van der Waals surface area contributed by atoms with E-state index in [-0.39, 0.29) is 18.3 Å². The van der Waals surface area contributed by atoms with Gasteiger partial charge in [0.2, 0.25) is 0 Å². The summed E-state index contributed by atoms with van der Waals surface area (Å²) in [6.45, 7) is 0.815. The lowest BCUT2D eigenvalue weighted by Crippen LogP contribution is -2.34. The largest absolute Gasteiger partial charge is 0.508 e. The highest BCUT2D eigenvalue weighted by Crippen LogP contribution is 2.10. The van der Waals surface area contributed by atoms with E-state index >= 15 is 0 Å². The fourth-order valence-corrected chi connectivity index (χ4v) is 1.27. The van der Waals surface area contributed by atoms with E-state index in [1.807, 2.05) is 0 Å². The van der Waals surface area contributed by atoms with Gasteiger partial charge in [-0.05, 0) is 30.7 Å². The van der Waals surface area contributed by atoms with Crippen molar-refractivity contribution < 1.29 is 14.6 Å². The maximum atomic E-state index is 11.6. The monoisotopic (exact) mass is 251 g/mol. The van der Waals surface area contributed by atoms with Gasteiger partial charge in [-0.2, -0.15) is 0 Å². The minimum atomic E-state index is -0.430. The first-order valence-electron chi connectivity index (χ1n) is 5.52. The van der Waals surface area contributed by atoms with E-state index in [1.165, 1.54) is 24.3 Å². The summed E-state index contributed by atoms with van der Waals surface area (Å²) in [5.41, 5.74) is 5.66. The molecule has 0 aromatic heterocycles. The highest BCUT2D eigenvalue weighted by atomic mass is 16.5. The number of aromatic hydroxyl groups is 1. The molecule has 0 unspecified atom stereocenters. The average Bonchev–Trinajstić information content (AvgIpc) is 2.34. The summed E-state index contributed by atoms with van der Waals surface area (Å²) < 4.78 is 5.04. The Kier molecular flexibility index (Phi) is 4.98. The van der Waals surface area contributed by atoms with Gasteiger partial charge in [0, 0.05) is 13.6 Å².